The van der Waals surface area contributed by atoms with Gasteiger partial charge in [-0.1, -0.05) is 125 Å². The lowest BCUT2D eigenvalue weighted by atomic mass is 9.83. The number of rotatable bonds is 26. The van der Waals surface area contributed by atoms with Gasteiger partial charge in [0.15, 0.2) is 6.10 Å². The van der Waals surface area contributed by atoms with Crippen molar-refractivity contribution in [2.45, 2.75) is 197 Å². The van der Waals surface area contributed by atoms with Crippen molar-refractivity contribution in [3.8, 4) is 0 Å². The maximum Gasteiger partial charge on any atom is 0.472 e. The van der Waals surface area contributed by atoms with Crippen LogP contribution in [0.2, 0.25) is 0 Å². The van der Waals surface area contributed by atoms with E-state index in [1.807, 2.05) is 6.92 Å². The van der Waals surface area contributed by atoms with Gasteiger partial charge in [0.2, 0.25) is 0 Å². The first-order valence-electron chi connectivity index (χ1n) is 24.7. The van der Waals surface area contributed by atoms with E-state index in [4.69, 9.17) is 23.0 Å². The molecule has 0 spiro atoms. The van der Waals surface area contributed by atoms with E-state index in [-0.39, 0.29) is 19.3 Å². The molecule has 70 heavy (non-hydrogen) atoms. The molecular formula is C49H82O19P2. The Balaban J connectivity index is 2.19. The Morgan fingerprint density at radius 3 is 2.01 bits per heavy atom. The molecule has 1 aliphatic heterocycles. The summed E-state index contributed by atoms with van der Waals surface area (Å²) in [6.45, 7) is 2.49. The van der Waals surface area contributed by atoms with Gasteiger partial charge in [-0.05, 0) is 64.2 Å². The van der Waals surface area contributed by atoms with Gasteiger partial charge >= 0.3 is 27.6 Å². The second-order valence-electron chi connectivity index (χ2n) is 17.8. The van der Waals surface area contributed by atoms with Crippen molar-refractivity contribution >= 4 is 27.6 Å². The topological polar surface area (TPSA) is 317 Å². The maximum atomic E-state index is 13.6. The smallest absolute Gasteiger partial charge is 0.462 e. The van der Waals surface area contributed by atoms with Crippen LogP contribution in [-0.4, -0.2) is 137 Å². The average Bonchev–Trinajstić information content (AvgIpc) is 3.30. The van der Waals surface area contributed by atoms with Crippen LogP contribution in [0.3, 0.4) is 0 Å². The van der Waals surface area contributed by atoms with Crippen LogP contribution in [0.25, 0.3) is 0 Å². The minimum atomic E-state index is -5.76. The normalized spacial score (nSPS) is 31.3. The van der Waals surface area contributed by atoms with Gasteiger partial charge in [-0.3, -0.25) is 23.2 Å². The summed E-state index contributed by atoms with van der Waals surface area (Å²) in [5.74, 6) is -4.78. The van der Waals surface area contributed by atoms with Crippen LogP contribution in [0, 0.1) is 11.8 Å². The highest BCUT2D eigenvalue weighted by molar-refractivity contribution is 7.47. The number of unbranched alkanes of at least 4 members (excludes halogenated alkanes) is 8. The number of phosphoric ester groups is 2. The van der Waals surface area contributed by atoms with Crippen molar-refractivity contribution in [2.75, 3.05) is 13.2 Å². The number of cyclic esters (lactones) is 1. The molecule has 402 valence electrons. The minimum Gasteiger partial charge on any atom is -0.462 e. The lowest BCUT2D eigenvalue weighted by Crippen LogP contribution is -2.56. The lowest BCUT2D eigenvalue weighted by molar-refractivity contribution is -0.165. The lowest BCUT2D eigenvalue weighted by Gasteiger charge is -2.38. The van der Waals surface area contributed by atoms with E-state index in [2.05, 4.69) is 55.5 Å². The summed E-state index contributed by atoms with van der Waals surface area (Å²) in [6.07, 6.45) is 12.1. The second kappa shape index (κ2) is 35.5. The zero-order valence-electron chi connectivity index (χ0n) is 40.7. The molecule has 19 nitrogen and oxygen atoms in total. The number of allylic oxidation sites excluding steroid dienone is 9. The Hall–Kier alpha value is -2.68. The van der Waals surface area contributed by atoms with Gasteiger partial charge in [-0.25, -0.2) is 9.13 Å². The van der Waals surface area contributed by atoms with Gasteiger partial charge in [-0.15, -0.1) is 0 Å². The van der Waals surface area contributed by atoms with Crippen molar-refractivity contribution < 1.29 is 92.2 Å². The Bertz CT molecular complexity index is 1750. The van der Waals surface area contributed by atoms with E-state index in [0.29, 0.717) is 19.3 Å². The predicted molar refractivity (Wildman–Crippen MR) is 261 cm³/mol. The Morgan fingerprint density at radius 1 is 0.800 bits per heavy atom. The third-order valence-corrected chi connectivity index (χ3v) is 13.3. The summed E-state index contributed by atoms with van der Waals surface area (Å²) in [5, 5.41) is 79.2. The maximum absolute atomic E-state index is 13.6. The molecule has 13 atom stereocenters. The molecule has 2 aliphatic rings. The predicted octanol–water partition coefficient (Wildman–Crippen LogP) is 6.00. The number of aliphatic hydroxyl groups is 7. The molecule has 0 aromatic carbocycles. The van der Waals surface area contributed by atoms with Crippen molar-refractivity contribution in [3.63, 3.8) is 0 Å². The first-order chi connectivity index (χ1) is 33.3. The quantitative estimate of drug-likeness (QED) is 0.0206. The molecule has 21 heteroatoms. The molecule has 1 fully saturated rings. The number of carbonyl (C=O) groups excluding carboxylic acids is 2. The van der Waals surface area contributed by atoms with Crippen LogP contribution in [0.15, 0.2) is 72.9 Å². The Kier molecular flexibility index (Phi) is 32.1. The minimum absolute atomic E-state index is 0.00717. The van der Waals surface area contributed by atoms with Gasteiger partial charge in [0.1, 0.15) is 31.0 Å². The molecule has 1 heterocycles. The SMILES string of the molecule is CCCCC/C=C\C/C=C\C/C=C\C/C=C\CCCCCC(=O)OC[C@@H]1COP(=O)(O)O[C@H]2[C@H](O)[C@@H](O)[C@H](O)[C@H](C/C=C\CC(=O)O1)[C@@H](O)C[C@@H](O)[C@H](/C=C\[C@H](O)CCCCC)[C@@H](O)[C@H]2OP(=O)(O)O. The number of phosphoric acid groups is 2. The zero-order chi connectivity index (χ0) is 52.0. The summed E-state index contributed by atoms with van der Waals surface area (Å²) in [6, 6.07) is 0. The molecule has 2 rings (SSSR count). The number of aliphatic hydroxyl groups excluding tert-OH is 7. The highest BCUT2D eigenvalue weighted by Gasteiger charge is 2.51. The van der Waals surface area contributed by atoms with E-state index in [0.717, 1.165) is 57.4 Å². The van der Waals surface area contributed by atoms with Crippen molar-refractivity contribution in [1.82, 2.24) is 0 Å². The molecule has 10 N–H and O–H groups in total. The Labute approximate surface area is 413 Å². The molecule has 0 radical (unpaired) electrons. The van der Waals surface area contributed by atoms with E-state index < -0.39 is 127 Å². The van der Waals surface area contributed by atoms with Gasteiger partial charge in [0.05, 0.1) is 43.5 Å². The standard InChI is InChI=1S/C49H82O19P2/c1-3-5-7-8-9-10-11-12-13-14-15-16-17-18-19-20-21-22-24-29-42(53)64-34-37-35-65-70(62,63)68-49-47(58)46(57)44(55)38(28-25-26-30-43(54)66-37)40(51)33-41(52)39(32-31-36(50)27-23-6-4-2)45(56)48(49)67-69(59,60)61/h9-10,12-13,15-16,18-19,25-26,31-32,36-41,44-52,55-58H,3-8,11,14,17,20-24,27-30,33-35H2,1-2H3,(H,62,63)(H2,59,60,61)/b10-9-,13-12-,16-15-,19-18-,26-25-,32-31-/t36-,37-,38-,39+,40+,41-,44-,45-,46+,47-,48-,49+/m1/s1. The third kappa shape index (κ3) is 26.9. The summed E-state index contributed by atoms with van der Waals surface area (Å²) in [7, 11) is -11.4. The Morgan fingerprint density at radius 2 is 1.40 bits per heavy atom. The molecule has 0 amide bonds. The van der Waals surface area contributed by atoms with E-state index in [1.54, 1.807) is 0 Å². The highest BCUT2D eigenvalue weighted by atomic mass is 31.2. The van der Waals surface area contributed by atoms with Crippen molar-refractivity contribution in [3.05, 3.63) is 72.9 Å². The van der Waals surface area contributed by atoms with Crippen LogP contribution in [-0.2, 0) is 41.8 Å². The summed E-state index contributed by atoms with van der Waals surface area (Å²) >= 11 is 0. The zero-order valence-corrected chi connectivity index (χ0v) is 42.5. The number of fused-ring (bicyclic) bond motifs is 4. The molecule has 2 bridgehead atoms. The number of carbonyl (C=O) groups is 2. The highest BCUT2D eigenvalue weighted by Crippen LogP contribution is 2.50. The largest absolute Gasteiger partial charge is 0.472 e. The number of hydrogen-bond donors (Lipinski definition) is 10. The summed E-state index contributed by atoms with van der Waals surface area (Å²) < 4.78 is 51.8. The van der Waals surface area contributed by atoms with E-state index in [9.17, 15) is 69.1 Å². The van der Waals surface area contributed by atoms with Crippen LogP contribution < -0.4 is 0 Å². The first kappa shape index (κ1) is 63.4. The fourth-order valence-electron chi connectivity index (χ4n) is 7.86. The van der Waals surface area contributed by atoms with Gasteiger partial charge in [-0.2, -0.15) is 0 Å². The molecule has 1 unspecified atom stereocenters. The fourth-order valence-corrected chi connectivity index (χ4v) is 9.39. The number of hydrogen-bond acceptors (Lipinski definition) is 16. The molecule has 0 aromatic heterocycles. The van der Waals surface area contributed by atoms with Crippen LogP contribution in [0.1, 0.15) is 136 Å². The van der Waals surface area contributed by atoms with E-state index >= 15 is 0 Å². The summed E-state index contributed by atoms with van der Waals surface area (Å²) in [4.78, 5) is 56.5. The molecule has 1 saturated carbocycles. The van der Waals surface area contributed by atoms with Crippen LogP contribution >= 0.6 is 15.6 Å². The van der Waals surface area contributed by atoms with Gasteiger partial charge < -0.3 is 59.9 Å². The third-order valence-electron chi connectivity index (χ3n) is 11.8. The van der Waals surface area contributed by atoms with Crippen molar-refractivity contribution in [1.29, 1.82) is 0 Å². The second-order valence-corrected chi connectivity index (χ2v) is 20.4. The molecule has 0 saturated heterocycles. The van der Waals surface area contributed by atoms with Crippen LogP contribution in [0.5, 0.6) is 0 Å². The van der Waals surface area contributed by atoms with Gasteiger partial charge in [0, 0.05) is 24.7 Å². The van der Waals surface area contributed by atoms with Gasteiger partial charge in [0.25, 0.3) is 0 Å². The average molecular weight is 1040 g/mol. The van der Waals surface area contributed by atoms with Crippen molar-refractivity contribution in [2.24, 2.45) is 11.8 Å². The molecular weight excluding hydrogens is 954 g/mol. The molecule has 0 aromatic rings. The number of esters is 2. The first-order valence-corrected chi connectivity index (χ1v) is 27.8. The van der Waals surface area contributed by atoms with E-state index in [1.165, 1.54) is 37.5 Å². The fraction of sp³-hybridized carbons (Fsp3) is 0.714. The number of ether oxygens (including phenoxy) is 2. The summed E-state index contributed by atoms with van der Waals surface area (Å²) in [5.41, 5.74) is 0. The monoisotopic (exact) mass is 1040 g/mol. The van der Waals surface area contributed by atoms with Crippen LogP contribution in [0.4, 0.5) is 0 Å². The molecule has 1 aliphatic carbocycles.